The number of aliphatic hydroxyl groups is 1. The number of aliphatic hydroxyl groups excluding tert-OH is 1. The van der Waals surface area contributed by atoms with Gasteiger partial charge in [-0.2, -0.15) is 0 Å². The topological polar surface area (TPSA) is 75.1 Å². The highest BCUT2D eigenvalue weighted by molar-refractivity contribution is 7.09. The summed E-state index contributed by atoms with van der Waals surface area (Å²) in [5.74, 6) is 4.99. The minimum Gasteiger partial charge on any atom is -0.384 e. The Morgan fingerprint density at radius 1 is 1.50 bits per heavy atom. The monoisotopic (exact) mass is 287 g/mol. The lowest BCUT2D eigenvalue weighted by molar-refractivity contribution is 0.0946. The molecule has 0 atom stereocenters. The first-order valence-corrected chi connectivity index (χ1v) is 6.82. The van der Waals surface area contributed by atoms with Gasteiger partial charge in [0.25, 0.3) is 5.91 Å². The third kappa shape index (κ3) is 3.88. The molecule has 5 nitrogen and oxygen atoms in total. The van der Waals surface area contributed by atoms with Crippen LogP contribution in [0.5, 0.6) is 0 Å². The molecule has 0 saturated heterocycles. The van der Waals surface area contributed by atoms with Gasteiger partial charge in [-0.15, -0.1) is 11.3 Å². The van der Waals surface area contributed by atoms with Gasteiger partial charge in [0.2, 0.25) is 0 Å². The number of carbonyl (C=O) groups excluding carboxylic acids is 1. The molecule has 6 heteroatoms. The standard InChI is InChI=1S/C14H13N3O2S/c1-10-9-20-13(17-10)8-16-14(19)12-5-4-11(7-15-12)3-2-6-18/h4-5,7,9,18H,6,8H2,1H3,(H,16,19). The number of aryl methyl sites for hydroxylation is 1. The van der Waals surface area contributed by atoms with Crippen molar-refractivity contribution in [2.75, 3.05) is 6.61 Å². The van der Waals surface area contributed by atoms with E-state index in [0.717, 1.165) is 10.7 Å². The van der Waals surface area contributed by atoms with Gasteiger partial charge in [-0.25, -0.2) is 9.97 Å². The molecule has 2 N–H and O–H groups in total. The summed E-state index contributed by atoms with van der Waals surface area (Å²) in [6, 6.07) is 3.29. The summed E-state index contributed by atoms with van der Waals surface area (Å²) < 4.78 is 0. The lowest BCUT2D eigenvalue weighted by Crippen LogP contribution is -2.23. The molecule has 20 heavy (non-hydrogen) atoms. The Morgan fingerprint density at radius 3 is 2.95 bits per heavy atom. The molecular weight excluding hydrogens is 274 g/mol. The first-order chi connectivity index (χ1) is 9.69. The maximum Gasteiger partial charge on any atom is 0.270 e. The molecule has 0 bridgehead atoms. The zero-order valence-electron chi connectivity index (χ0n) is 10.9. The quantitative estimate of drug-likeness (QED) is 0.830. The summed E-state index contributed by atoms with van der Waals surface area (Å²) in [5, 5.41) is 14.2. The van der Waals surface area contributed by atoms with Crippen LogP contribution in [-0.4, -0.2) is 27.6 Å². The van der Waals surface area contributed by atoms with Gasteiger partial charge in [0.1, 0.15) is 17.3 Å². The summed E-state index contributed by atoms with van der Waals surface area (Å²) in [6.07, 6.45) is 1.51. The van der Waals surface area contributed by atoms with E-state index in [2.05, 4.69) is 27.1 Å². The number of pyridine rings is 1. The van der Waals surface area contributed by atoms with Gasteiger partial charge in [-0.1, -0.05) is 11.8 Å². The molecule has 0 spiro atoms. The Bertz CT molecular complexity index is 653. The predicted molar refractivity (Wildman–Crippen MR) is 76.2 cm³/mol. The summed E-state index contributed by atoms with van der Waals surface area (Å²) in [6.45, 7) is 2.11. The molecule has 2 aromatic rings. The first-order valence-electron chi connectivity index (χ1n) is 5.94. The van der Waals surface area contributed by atoms with Crippen molar-refractivity contribution in [1.82, 2.24) is 15.3 Å². The van der Waals surface area contributed by atoms with E-state index in [0.29, 0.717) is 17.8 Å². The Kier molecular flexibility index (Phi) is 4.82. The molecule has 1 amide bonds. The average molecular weight is 287 g/mol. The number of aromatic nitrogens is 2. The van der Waals surface area contributed by atoms with Crippen LogP contribution in [0.3, 0.4) is 0 Å². The van der Waals surface area contributed by atoms with E-state index >= 15 is 0 Å². The number of rotatable bonds is 3. The second kappa shape index (κ2) is 6.80. The minimum absolute atomic E-state index is 0.199. The number of carbonyl (C=O) groups is 1. The van der Waals surface area contributed by atoms with Crippen molar-refractivity contribution < 1.29 is 9.90 Å². The number of nitrogens with one attached hydrogen (secondary N) is 1. The lowest BCUT2D eigenvalue weighted by Gasteiger charge is -2.02. The minimum atomic E-state index is -0.250. The predicted octanol–water partition coefficient (Wildman–Crippen LogP) is 1.12. The van der Waals surface area contributed by atoms with Gasteiger partial charge < -0.3 is 10.4 Å². The molecule has 0 unspecified atom stereocenters. The van der Waals surface area contributed by atoms with Crippen LogP contribution >= 0.6 is 11.3 Å². The lowest BCUT2D eigenvalue weighted by atomic mass is 10.2. The van der Waals surface area contributed by atoms with E-state index in [1.165, 1.54) is 17.5 Å². The molecule has 0 aliphatic carbocycles. The smallest absolute Gasteiger partial charge is 0.270 e. The second-order valence-corrected chi connectivity index (χ2v) is 4.90. The van der Waals surface area contributed by atoms with Crippen molar-refractivity contribution >= 4 is 17.2 Å². The molecule has 2 heterocycles. The third-order valence-electron chi connectivity index (χ3n) is 2.37. The molecule has 2 rings (SSSR count). The van der Waals surface area contributed by atoms with E-state index in [4.69, 9.17) is 5.11 Å². The zero-order chi connectivity index (χ0) is 14.4. The molecule has 0 radical (unpaired) electrons. The van der Waals surface area contributed by atoms with E-state index in [-0.39, 0.29) is 12.5 Å². The van der Waals surface area contributed by atoms with Crippen LogP contribution in [0, 0.1) is 18.8 Å². The van der Waals surface area contributed by atoms with Gasteiger partial charge in [0.05, 0.1) is 6.54 Å². The van der Waals surface area contributed by atoms with Crippen molar-refractivity contribution in [3.8, 4) is 11.8 Å². The van der Waals surface area contributed by atoms with Crippen LogP contribution in [0.25, 0.3) is 0 Å². The Balaban J connectivity index is 1.95. The number of nitrogens with zero attached hydrogens (tertiary/aromatic N) is 2. The molecule has 0 saturated carbocycles. The summed E-state index contributed by atoms with van der Waals surface area (Å²) in [4.78, 5) is 20.2. The number of thiazole rings is 1. The van der Waals surface area contributed by atoms with Gasteiger partial charge in [0.15, 0.2) is 0 Å². The fourth-order valence-corrected chi connectivity index (χ4v) is 2.19. The van der Waals surface area contributed by atoms with Crippen LogP contribution < -0.4 is 5.32 Å². The van der Waals surface area contributed by atoms with Crippen molar-refractivity contribution in [3.63, 3.8) is 0 Å². The molecule has 0 aromatic carbocycles. The molecule has 0 aliphatic rings. The maximum absolute atomic E-state index is 11.9. The van der Waals surface area contributed by atoms with Crippen molar-refractivity contribution in [3.05, 3.63) is 45.7 Å². The normalized spacial score (nSPS) is 9.70. The van der Waals surface area contributed by atoms with Crippen molar-refractivity contribution in [2.24, 2.45) is 0 Å². The first kappa shape index (κ1) is 14.2. The summed E-state index contributed by atoms with van der Waals surface area (Å²) in [5.41, 5.74) is 1.93. The van der Waals surface area contributed by atoms with Gasteiger partial charge in [-0.3, -0.25) is 4.79 Å². The van der Waals surface area contributed by atoms with Crippen LogP contribution in [-0.2, 0) is 6.54 Å². The largest absolute Gasteiger partial charge is 0.384 e. The number of hydrogen-bond acceptors (Lipinski definition) is 5. The van der Waals surface area contributed by atoms with Gasteiger partial charge in [-0.05, 0) is 19.1 Å². The van der Waals surface area contributed by atoms with E-state index < -0.39 is 0 Å². The molecule has 0 aliphatic heterocycles. The van der Waals surface area contributed by atoms with Crippen LogP contribution in [0.2, 0.25) is 0 Å². The Labute approximate surface area is 120 Å². The van der Waals surface area contributed by atoms with E-state index in [1.54, 1.807) is 12.1 Å². The highest BCUT2D eigenvalue weighted by Gasteiger charge is 2.07. The Hall–Kier alpha value is -2.23. The molecule has 102 valence electrons. The second-order valence-electron chi connectivity index (χ2n) is 3.96. The van der Waals surface area contributed by atoms with Crippen LogP contribution in [0.15, 0.2) is 23.7 Å². The SMILES string of the molecule is Cc1csc(CNC(=O)c2ccc(C#CCO)cn2)n1. The fourth-order valence-electron chi connectivity index (χ4n) is 1.47. The van der Waals surface area contributed by atoms with Crippen molar-refractivity contribution in [2.45, 2.75) is 13.5 Å². The van der Waals surface area contributed by atoms with Crippen LogP contribution in [0.4, 0.5) is 0 Å². The van der Waals surface area contributed by atoms with Crippen LogP contribution in [0.1, 0.15) is 26.8 Å². The highest BCUT2D eigenvalue weighted by atomic mass is 32.1. The van der Waals surface area contributed by atoms with Crippen molar-refractivity contribution in [1.29, 1.82) is 0 Å². The Morgan fingerprint density at radius 2 is 2.35 bits per heavy atom. The highest BCUT2D eigenvalue weighted by Crippen LogP contribution is 2.08. The fraction of sp³-hybridized carbons (Fsp3) is 0.214. The van der Waals surface area contributed by atoms with Gasteiger partial charge >= 0.3 is 0 Å². The number of hydrogen-bond donors (Lipinski definition) is 2. The van der Waals surface area contributed by atoms with Gasteiger partial charge in [0, 0.05) is 22.8 Å². The third-order valence-corrected chi connectivity index (χ3v) is 3.34. The van der Waals surface area contributed by atoms with E-state index in [9.17, 15) is 4.79 Å². The average Bonchev–Trinajstić information content (AvgIpc) is 2.89. The zero-order valence-corrected chi connectivity index (χ0v) is 11.7. The molecule has 2 aromatic heterocycles. The molecule has 0 fully saturated rings. The number of amides is 1. The summed E-state index contributed by atoms with van der Waals surface area (Å²) in [7, 11) is 0. The van der Waals surface area contributed by atoms with E-state index in [1.807, 2.05) is 12.3 Å². The summed E-state index contributed by atoms with van der Waals surface area (Å²) >= 11 is 1.51. The molecular formula is C14H13N3O2S. The maximum atomic E-state index is 11.9.